The van der Waals surface area contributed by atoms with Gasteiger partial charge in [0.25, 0.3) is 10.0 Å². The predicted octanol–water partition coefficient (Wildman–Crippen LogP) is -0.138. The monoisotopic (exact) mass is 264 g/mol. The number of thiophene rings is 1. The molecule has 0 spiro atoms. The fraction of sp³-hybridized carbons (Fsp3) is 0.556. The smallest absolute Gasteiger partial charge is 0.252 e. The van der Waals surface area contributed by atoms with E-state index in [4.69, 9.17) is 10.8 Å². The number of aliphatic hydroxyl groups is 1. The number of nitrogens with two attached hydrogens (primary N) is 1. The zero-order valence-corrected chi connectivity index (χ0v) is 10.7. The van der Waals surface area contributed by atoms with Crippen LogP contribution in [-0.2, 0) is 16.4 Å². The molecule has 0 bridgehead atoms. The average Bonchev–Trinajstić information content (AvgIpc) is 2.68. The summed E-state index contributed by atoms with van der Waals surface area (Å²) in [7, 11) is -2.00. The van der Waals surface area contributed by atoms with Gasteiger partial charge in [0.05, 0.1) is 6.61 Å². The van der Waals surface area contributed by atoms with Crippen molar-refractivity contribution in [2.75, 3.05) is 26.7 Å². The molecular weight excluding hydrogens is 248 g/mol. The number of aliphatic hydroxyl groups excluding tert-OH is 1. The lowest BCUT2D eigenvalue weighted by molar-refractivity contribution is 0.266. The maximum absolute atomic E-state index is 11.9. The molecule has 0 aliphatic heterocycles. The molecule has 1 aromatic heterocycles. The lowest BCUT2D eigenvalue weighted by Gasteiger charge is -2.13. The Balaban J connectivity index is 2.89. The van der Waals surface area contributed by atoms with Crippen LogP contribution in [0.1, 0.15) is 4.88 Å². The Labute approximate surface area is 99.6 Å². The molecule has 1 heterocycles. The molecule has 0 saturated heterocycles. The third kappa shape index (κ3) is 3.02. The highest BCUT2D eigenvalue weighted by molar-refractivity contribution is 7.91. The van der Waals surface area contributed by atoms with Crippen molar-refractivity contribution in [1.82, 2.24) is 4.31 Å². The number of rotatable bonds is 6. The molecule has 0 atom stereocenters. The molecule has 7 heteroatoms. The Morgan fingerprint density at radius 1 is 1.50 bits per heavy atom. The summed E-state index contributed by atoms with van der Waals surface area (Å²) in [6, 6.07) is 3.36. The largest absolute Gasteiger partial charge is 0.395 e. The predicted molar refractivity (Wildman–Crippen MR) is 64.0 cm³/mol. The molecule has 0 aromatic carbocycles. The van der Waals surface area contributed by atoms with E-state index in [9.17, 15) is 8.42 Å². The summed E-state index contributed by atoms with van der Waals surface area (Å²) in [6.07, 6.45) is 0.684. The second-order valence-electron chi connectivity index (χ2n) is 3.31. The first-order chi connectivity index (χ1) is 7.52. The van der Waals surface area contributed by atoms with Gasteiger partial charge in [-0.05, 0) is 25.1 Å². The second-order valence-corrected chi connectivity index (χ2v) is 6.75. The molecule has 92 valence electrons. The molecule has 0 radical (unpaired) electrons. The average molecular weight is 264 g/mol. The van der Waals surface area contributed by atoms with Crippen molar-refractivity contribution in [3.63, 3.8) is 0 Å². The van der Waals surface area contributed by atoms with E-state index in [-0.39, 0.29) is 13.2 Å². The summed E-state index contributed by atoms with van der Waals surface area (Å²) in [5, 5.41) is 8.72. The van der Waals surface area contributed by atoms with Gasteiger partial charge in [0.1, 0.15) is 4.21 Å². The van der Waals surface area contributed by atoms with Gasteiger partial charge in [0.15, 0.2) is 0 Å². The normalized spacial score (nSPS) is 12.2. The number of hydrogen-bond donors (Lipinski definition) is 2. The van der Waals surface area contributed by atoms with Crippen molar-refractivity contribution in [2.45, 2.75) is 10.6 Å². The van der Waals surface area contributed by atoms with Crippen LogP contribution in [0.4, 0.5) is 0 Å². The first-order valence-corrected chi connectivity index (χ1v) is 7.14. The van der Waals surface area contributed by atoms with Crippen molar-refractivity contribution in [1.29, 1.82) is 0 Å². The quantitative estimate of drug-likeness (QED) is 0.749. The molecule has 0 aliphatic carbocycles. The van der Waals surface area contributed by atoms with Crippen LogP contribution < -0.4 is 5.73 Å². The minimum Gasteiger partial charge on any atom is -0.395 e. The maximum Gasteiger partial charge on any atom is 0.252 e. The van der Waals surface area contributed by atoms with E-state index in [0.717, 1.165) is 9.18 Å². The second kappa shape index (κ2) is 5.74. The Bertz CT molecular complexity index is 428. The minimum atomic E-state index is -3.45. The Morgan fingerprint density at radius 3 is 2.75 bits per heavy atom. The topological polar surface area (TPSA) is 83.6 Å². The zero-order chi connectivity index (χ0) is 12.2. The highest BCUT2D eigenvalue weighted by Crippen LogP contribution is 2.24. The fourth-order valence-corrected chi connectivity index (χ4v) is 3.93. The molecular formula is C9H16N2O3S2. The van der Waals surface area contributed by atoms with Crippen molar-refractivity contribution >= 4 is 21.4 Å². The van der Waals surface area contributed by atoms with Gasteiger partial charge in [-0.2, -0.15) is 4.31 Å². The molecule has 16 heavy (non-hydrogen) atoms. The van der Waals surface area contributed by atoms with Gasteiger partial charge in [-0.15, -0.1) is 11.3 Å². The van der Waals surface area contributed by atoms with Crippen LogP contribution in [-0.4, -0.2) is 44.6 Å². The van der Waals surface area contributed by atoms with E-state index in [1.165, 1.54) is 18.4 Å². The fourth-order valence-electron chi connectivity index (χ4n) is 1.19. The Hall–Kier alpha value is -0.470. The zero-order valence-electron chi connectivity index (χ0n) is 9.09. The van der Waals surface area contributed by atoms with Gasteiger partial charge in [0.2, 0.25) is 0 Å². The van der Waals surface area contributed by atoms with Gasteiger partial charge < -0.3 is 10.8 Å². The van der Waals surface area contributed by atoms with E-state index in [1.54, 1.807) is 12.1 Å². The summed E-state index contributed by atoms with van der Waals surface area (Å²) >= 11 is 1.23. The van der Waals surface area contributed by atoms with Crippen LogP contribution in [0.5, 0.6) is 0 Å². The van der Waals surface area contributed by atoms with Crippen molar-refractivity contribution in [2.24, 2.45) is 5.73 Å². The molecule has 5 nitrogen and oxygen atoms in total. The van der Waals surface area contributed by atoms with E-state index in [0.29, 0.717) is 17.2 Å². The number of hydrogen-bond acceptors (Lipinski definition) is 5. The van der Waals surface area contributed by atoms with Gasteiger partial charge in [0, 0.05) is 18.5 Å². The summed E-state index contributed by atoms with van der Waals surface area (Å²) in [5.74, 6) is 0. The number of nitrogens with zero attached hydrogens (tertiary/aromatic N) is 1. The van der Waals surface area contributed by atoms with E-state index >= 15 is 0 Å². The van der Waals surface area contributed by atoms with Gasteiger partial charge in [-0.1, -0.05) is 0 Å². The Kier molecular flexibility index (Phi) is 4.88. The lowest BCUT2D eigenvalue weighted by Crippen LogP contribution is -2.29. The third-order valence-corrected chi connectivity index (χ3v) is 5.58. The summed E-state index contributed by atoms with van der Waals surface area (Å²) in [4.78, 5) is 0.957. The van der Waals surface area contributed by atoms with Gasteiger partial charge >= 0.3 is 0 Å². The highest BCUT2D eigenvalue weighted by atomic mass is 32.2. The molecule has 0 unspecified atom stereocenters. The van der Waals surface area contributed by atoms with Crippen LogP contribution in [0, 0.1) is 0 Å². The molecule has 3 N–H and O–H groups in total. The molecule has 0 fully saturated rings. The SMILES string of the molecule is CN(CCO)S(=O)(=O)c1ccc(CCN)s1. The third-order valence-electron chi connectivity index (χ3n) is 2.11. The number of likely N-dealkylation sites (N-methyl/N-ethyl adjacent to an activating group) is 1. The number of sulfonamides is 1. The molecule has 1 rings (SSSR count). The standard InChI is InChI=1S/C9H16N2O3S2/c1-11(6-7-12)16(13,14)9-3-2-8(15-9)4-5-10/h2-3,12H,4-7,10H2,1H3. The summed E-state index contributed by atoms with van der Waals surface area (Å²) in [5.41, 5.74) is 5.40. The van der Waals surface area contributed by atoms with Crippen LogP contribution in [0.3, 0.4) is 0 Å². The van der Waals surface area contributed by atoms with E-state index in [2.05, 4.69) is 0 Å². The van der Waals surface area contributed by atoms with Crippen LogP contribution >= 0.6 is 11.3 Å². The van der Waals surface area contributed by atoms with Crippen molar-refractivity contribution in [3.8, 4) is 0 Å². The molecule has 1 aromatic rings. The molecule has 0 saturated carbocycles. The van der Waals surface area contributed by atoms with Crippen LogP contribution in [0.25, 0.3) is 0 Å². The van der Waals surface area contributed by atoms with E-state index in [1.807, 2.05) is 0 Å². The first kappa shape index (κ1) is 13.6. The van der Waals surface area contributed by atoms with Gasteiger partial charge in [-0.25, -0.2) is 8.42 Å². The maximum atomic E-state index is 11.9. The summed E-state index contributed by atoms with van der Waals surface area (Å²) < 4.78 is 25.3. The Morgan fingerprint density at radius 2 is 2.19 bits per heavy atom. The highest BCUT2D eigenvalue weighted by Gasteiger charge is 2.21. The van der Waals surface area contributed by atoms with Crippen LogP contribution in [0.15, 0.2) is 16.3 Å². The van der Waals surface area contributed by atoms with Crippen molar-refractivity contribution in [3.05, 3.63) is 17.0 Å². The van der Waals surface area contributed by atoms with E-state index < -0.39 is 10.0 Å². The van der Waals surface area contributed by atoms with Crippen LogP contribution in [0.2, 0.25) is 0 Å². The summed E-state index contributed by atoms with van der Waals surface area (Å²) in [6.45, 7) is 0.426. The van der Waals surface area contributed by atoms with Crippen molar-refractivity contribution < 1.29 is 13.5 Å². The first-order valence-electron chi connectivity index (χ1n) is 4.88. The lowest BCUT2D eigenvalue weighted by atomic mass is 10.3. The molecule has 0 amide bonds. The van der Waals surface area contributed by atoms with Gasteiger partial charge in [-0.3, -0.25) is 0 Å². The minimum absolute atomic E-state index is 0.104. The molecule has 0 aliphatic rings.